The number of nitrogens with one attached hydrogen (secondary N) is 1. The van der Waals surface area contributed by atoms with E-state index in [0.717, 1.165) is 19.4 Å². The topological polar surface area (TPSA) is 24.9 Å². The van der Waals surface area contributed by atoms with Crippen LogP contribution in [0.2, 0.25) is 0 Å². The first-order chi connectivity index (χ1) is 9.31. The van der Waals surface area contributed by atoms with Gasteiger partial charge < -0.3 is 5.32 Å². The van der Waals surface area contributed by atoms with Gasteiger partial charge in [0, 0.05) is 6.20 Å². The maximum atomic E-state index is 4.57. The Morgan fingerprint density at radius 3 is 2.58 bits per heavy atom. The quantitative estimate of drug-likeness (QED) is 0.850. The van der Waals surface area contributed by atoms with Gasteiger partial charge in [0.2, 0.25) is 0 Å². The van der Waals surface area contributed by atoms with Gasteiger partial charge in [0.1, 0.15) is 0 Å². The molecule has 0 saturated heterocycles. The van der Waals surface area contributed by atoms with Gasteiger partial charge in [-0.15, -0.1) is 0 Å². The molecule has 0 aliphatic heterocycles. The largest absolute Gasteiger partial charge is 0.308 e. The van der Waals surface area contributed by atoms with Crippen LogP contribution in [0.15, 0.2) is 48.7 Å². The van der Waals surface area contributed by atoms with E-state index in [2.05, 4.69) is 60.5 Å². The van der Waals surface area contributed by atoms with Gasteiger partial charge in [0.15, 0.2) is 0 Å². The zero-order chi connectivity index (χ0) is 13.5. The fourth-order valence-corrected chi connectivity index (χ4v) is 2.30. The Hall–Kier alpha value is -1.67. The zero-order valence-electron chi connectivity index (χ0n) is 11.8. The molecule has 2 nitrogen and oxygen atoms in total. The summed E-state index contributed by atoms with van der Waals surface area (Å²) in [6, 6.07) is 15.0. The third kappa shape index (κ3) is 3.90. The lowest BCUT2D eigenvalue weighted by Gasteiger charge is -2.20. The first-order valence-electron chi connectivity index (χ1n) is 7.00. The number of hydrogen-bond donors (Lipinski definition) is 1. The van der Waals surface area contributed by atoms with Crippen LogP contribution < -0.4 is 5.32 Å². The van der Waals surface area contributed by atoms with Gasteiger partial charge in [0.25, 0.3) is 0 Å². The summed E-state index contributed by atoms with van der Waals surface area (Å²) in [7, 11) is 0. The van der Waals surface area contributed by atoms with E-state index in [1.54, 1.807) is 0 Å². The van der Waals surface area contributed by atoms with Gasteiger partial charge in [-0.25, -0.2) is 0 Å². The third-order valence-corrected chi connectivity index (χ3v) is 3.30. The lowest BCUT2D eigenvalue weighted by molar-refractivity contribution is 0.515. The Morgan fingerprint density at radius 2 is 1.89 bits per heavy atom. The smallest absolute Gasteiger partial charge is 0.0605 e. The second-order valence-electron chi connectivity index (χ2n) is 4.90. The fraction of sp³-hybridized carbons (Fsp3) is 0.353. The molecule has 2 heteroatoms. The molecular formula is C17H22N2. The fourth-order valence-electron chi connectivity index (χ4n) is 2.30. The molecule has 0 saturated carbocycles. The van der Waals surface area contributed by atoms with Crippen LogP contribution in [0.3, 0.4) is 0 Å². The second-order valence-corrected chi connectivity index (χ2v) is 4.90. The van der Waals surface area contributed by atoms with Crippen molar-refractivity contribution in [2.24, 2.45) is 0 Å². The van der Waals surface area contributed by atoms with E-state index < -0.39 is 0 Å². The molecule has 0 radical (unpaired) electrons. The molecule has 1 heterocycles. The lowest BCUT2D eigenvalue weighted by Crippen LogP contribution is -2.25. The van der Waals surface area contributed by atoms with Gasteiger partial charge in [0.05, 0.1) is 11.7 Å². The number of pyridine rings is 1. The van der Waals surface area contributed by atoms with Crippen molar-refractivity contribution in [3.05, 3.63) is 65.5 Å². The van der Waals surface area contributed by atoms with E-state index in [4.69, 9.17) is 0 Å². The highest BCUT2D eigenvalue weighted by Crippen LogP contribution is 2.19. The maximum absolute atomic E-state index is 4.57. The van der Waals surface area contributed by atoms with Crippen molar-refractivity contribution in [1.29, 1.82) is 0 Å². The molecule has 0 amide bonds. The SMILES string of the molecule is CCCNC(Cc1ccccc1)c1ncccc1C. The summed E-state index contributed by atoms with van der Waals surface area (Å²) in [5.74, 6) is 0. The molecule has 0 aliphatic rings. The van der Waals surface area contributed by atoms with Crippen molar-refractivity contribution >= 4 is 0 Å². The highest BCUT2D eigenvalue weighted by atomic mass is 14.9. The maximum Gasteiger partial charge on any atom is 0.0605 e. The van der Waals surface area contributed by atoms with Crippen LogP contribution in [0.5, 0.6) is 0 Å². The molecule has 1 unspecified atom stereocenters. The lowest BCUT2D eigenvalue weighted by atomic mass is 10.00. The first-order valence-corrected chi connectivity index (χ1v) is 7.00. The average molecular weight is 254 g/mol. The average Bonchev–Trinajstić information content (AvgIpc) is 2.45. The molecule has 0 aliphatic carbocycles. The van der Waals surface area contributed by atoms with Crippen LogP contribution >= 0.6 is 0 Å². The zero-order valence-corrected chi connectivity index (χ0v) is 11.8. The standard InChI is InChI=1S/C17H22N2/c1-3-11-18-16(13-15-9-5-4-6-10-15)17-14(2)8-7-12-19-17/h4-10,12,16,18H,3,11,13H2,1-2H3. The van der Waals surface area contributed by atoms with E-state index >= 15 is 0 Å². The monoisotopic (exact) mass is 254 g/mol. The Balaban J connectivity index is 2.19. The van der Waals surface area contributed by atoms with Gasteiger partial charge in [-0.3, -0.25) is 4.98 Å². The van der Waals surface area contributed by atoms with Crippen molar-refractivity contribution in [2.75, 3.05) is 6.54 Å². The number of nitrogens with zero attached hydrogens (tertiary/aromatic N) is 1. The summed E-state index contributed by atoms with van der Waals surface area (Å²) in [5.41, 5.74) is 3.77. The molecule has 0 fully saturated rings. The minimum absolute atomic E-state index is 0.295. The first kappa shape index (κ1) is 13.8. The molecule has 100 valence electrons. The van der Waals surface area contributed by atoms with Gasteiger partial charge in [-0.2, -0.15) is 0 Å². The Labute approximate surface area is 115 Å². The van der Waals surface area contributed by atoms with E-state index in [1.165, 1.54) is 16.8 Å². The van der Waals surface area contributed by atoms with E-state index in [-0.39, 0.29) is 0 Å². The van der Waals surface area contributed by atoms with Crippen LogP contribution in [-0.4, -0.2) is 11.5 Å². The number of benzene rings is 1. The molecule has 0 bridgehead atoms. The van der Waals surface area contributed by atoms with Crippen LogP contribution in [0.4, 0.5) is 0 Å². The molecule has 1 atom stereocenters. The van der Waals surface area contributed by atoms with Crippen LogP contribution in [-0.2, 0) is 6.42 Å². The van der Waals surface area contributed by atoms with Crippen molar-refractivity contribution in [1.82, 2.24) is 10.3 Å². The summed E-state index contributed by atoms with van der Waals surface area (Å²) in [4.78, 5) is 4.57. The normalized spacial score (nSPS) is 12.3. The van der Waals surface area contributed by atoms with Crippen molar-refractivity contribution in [3.63, 3.8) is 0 Å². The number of rotatable bonds is 6. The van der Waals surface area contributed by atoms with E-state index in [9.17, 15) is 0 Å². The molecule has 1 N–H and O–H groups in total. The van der Waals surface area contributed by atoms with Crippen LogP contribution in [0.25, 0.3) is 0 Å². The summed E-state index contributed by atoms with van der Waals surface area (Å²) in [6.07, 6.45) is 4.00. The minimum Gasteiger partial charge on any atom is -0.308 e. The predicted molar refractivity (Wildman–Crippen MR) is 80.2 cm³/mol. The van der Waals surface area contributed by atoms with Crippen LogP contribution in [0.1, 0.15) is 36.2 Å². The highest BCUT2D eigenvalue weighted by Gasteiger charge is 2.14. The second kappa shape index (κ2) is 7.05. The molecule has 19 heavy (non-hydrogen) atoms. The molecule has 2 aromatic rings. The molecular weight excluding hydrogens is 232 g/mol. The van der Waals surface area contributed by atoms with Gasteiger partial charge in [-0.05, 0) is 43.5 Å². The van der Waals surface area contributed by atoms with Crippen LogP contribution in [0, 0.1) is 6.92 Å². The Bertz CT molecular complexity index is 494. The van der Waals surface area contributed by atoms with E-state index in [0.29, 0.717) is 6.04 Å². The van der Waals surface area contributed by atoms with Crippen molar-refractivity contribution in [2.45, 2.75) is 32.7 Å². The van der Waals surface area contributed by atoms with E-state index in [1.807, 2.05) is 12.3 Å². The summed E-state index contributed by atoms with van der Waals surface area (Å²) in [5, 5.41) is 3.61. The molecule has 1 aromatic heterocycles. The van der Waals surface area contributed by atoms with Crippen molar-refractivity contribution in [3.8, 4) is 0 Å². The third-order valence-electron chi connectivity index (χ3n) is 3.30. The summed E-state index contributed by atoms with van der Waals surface area (Å²) in [6.45, 7) is 5.35. The van der Waals surface area contributed by atoms with Crippen molar-refractivity contribution < 1.29 is 0 Å². The predicted octanol–water partition coefficient (Wildman–Crippen LogP) is 3.67. The molecule has 2 rings (SSSR count). The summed E-state index contributed by atoms with van der Waals surface area (Å²) >= 11 is 0. The molecule has 1 aromatic carbocycles. The van der Waals surface area contributed by atoms with Gasteiger partial charge in [-0.1, -0.05) is 43.3 Å². The molecule has 0 spiro atoms. The number of aryl methyl sites for hydroxylation is 1. The Morgan fingerprint density at radius 1 is 1.11 bits per heavy atom. The highest BCUT2D eigenvalue weighted by molar-refractivity contribution is 5.24. The Kier molecular flexibility index (Phi) is 5.10. The minimum atomic E-state index is 0.295. The number of aromatic nitrogens is 1. The number of hydrogen-bond acceptors (Lipinski definition) is 2. The summed E-state index contributed by atoms with van der Waals surface area (Å²) < 4.78 is 0. The van der Waals surface area contributed by atoms with Gasteiger partial charge >= 0.3 is 0 Å².